The van der Waals surface area contributed by atoms with Gasteiger partial charge in [-0.2, -0.15) is 5.26 Å². The molecular weight excluding hydrogens is 178 g/mol. The van der Waals surface area contributed by atoms with Gasteiger partial charge in [-0.25, -0.2) is 0 Å². The summed E-state index contributed by atoms with van der Waals surface area (Å²) in [7, 11) is 1.52. The number of ether oxygens (including phenoxy) is 2. The van der Waals surface area contributed by atoms with Crippen molar-refractivity contribution in [2.24, 2.45) is 0 Å². The molecule has 0 fully saturated rings. The van der Waals surface area contributed by atoms with Gasteiger partial charge in [-0.1, -0.05) is 12.1 Å². The first-order valence-corrected chi connectivity index (χ1v) is 4.47. The number of hydrogen-bond donors (Lipinski definition) is 0. The van der Waals surface area contributed by atoms with E-state index in [0.717, 1.165) is 11.3 Å². The van der Waals surface area contributed by atoms with Gasteiger partial charge in [0.1, 0.15) is 5.75 Å². The first-order chi connectivity index (χ1) is 6.81. The molecule has 1 unspecified atom stereocenters. The van der Waals surface area contributed by atoms with Crippen molar-refractivity contribution in [2.75, 3.05) is 13.7 Å². The van der Waals surface area contributed by atoms with Crippen LogP contribution >= 0.6 is 0 Å². The van der Waals surface area contributed by atoms with Gasteiger partial charge in [-0.15, -0.1) is 0 Å². The zero-order valence-electron chi connectivity index (χ0n) is 8.36. The molecule has 1 aromatic carbocycles. The van der Waals surface area contributed by atoms with Gasteiger partial charge >= 0.3 is 0 Å². The summed E-state index contributed by atoms with van der Waals surface area (Å²) in [6, 6.07) is 9.44. The Kier molecular flexibility index (Phi) is 3.96. The minimum atomic E-state index is -0.518. The summed E-state index contributed by atoms with van der Waals surface area (Å²) in [6.45, 7) is 2.54. The van der Waals surface area contributed by atoms with Crippen molar-refractivity contribution >= 4 is 0 Å². The van der Waals surface area contributed by atoms with Crippen LogP contribution in [0.4, 0.5) is 0 Å². The number of rotatable bonds is 4. The second kappa shape index (κ2) is 5.25. The van der Waals surface area contributed by atoms with E-state index in [4.69, 9.17) is 14.7 Å². The Balaban J connectivity index is 2.88. The normalized spacial score (nSPS) is 11.8. The van der Waals surface area contributed by atoms with Gasteiger partial charge in [0, 0.05) is 7.11 Å². The molecule has 74 valence electrons. The molecule has 1 atom stereocenters. The topological polar surface area (TPSA) is 42.2 Å². The summed E-state index contributed by atoms with van der Waals surface area (Å²) in [6.07, 6.45) is -0.518. The van der Waals surface area contributed by atoms with E-state index in [1.165, 1.54) is 7.11 Å². The molecule has 1 rings (SSSR count). The highest BCUT2D eigenvalue weighted by molar-refractivity contribution is 5.32. The van der Waals surface area contributed by atoms with Crippen molar-refractivity contribution in [3.8, 4) is 11.8 Å². The Hall–Kier alpha value is -1.53. The molecule has 0 aliphatic carbocycles. The third-order valence-electron chi connectivity index (χ3n) is 1.82. The van der Waals surface area contributed by atoms with Crippen LogP contribution in [0.15, 0.2) is 24.3 Å². The van der Waals surface area contributed by atoms with Crippen LogP contribution in [0.25, 0.3) is 0 Å². The number of nitriles is 1. The van der Waals surface area contributed by atoms with Gasteiger partial charge in [-0.05, 0) is 24.6 Å². The quantitative estimate of drug-likeness (QED) is 0.733. The number of nitrogens with zero attached hydrogens (tertiary/aromatic N) is 1. The van der Waals surface area contributed by atoms with Crippen LogP contribution in [-0.4, -0.2) is 13.7 Å². The zero-order valence-corrected chi connectivity index (χ0v) is 8.36. The summed E-state index contributed by atoms with van der Waals surface area (Å²) in [5.41, 5.74) is 0.820. The number of hydrogen-bond acceptors (Lipinski definition) is 3. The fourth-order valence-corrected chi connectivity index (χ4v) is 1.20. The summed E-state index contributed by atoms with van der Waals surface area (Å²) >= 11 is 0. The lowest BCUT2D eigenvalue weighted by atomic mass is 10.1. The standard InChI is InChI=1S/C11H13NO2/c1-3-14-10-6-4-5-9(7-10)11(8-12)13-2/h4-7,11H,3H2,1-2H3. The van der Waals surface area contributed by atoms with Crippen LogP contribution < -0.4 is 4.74 Å². The molecule has 0 N–H and O–H groups in total. The van der Waals surface area contributed by atoms with Gasteiger partial charge < -0.3 is 9.47 Å². The van der Waals surface area contributed by atoms with E-state index in [-0.39, 0.29) is 0 Å². The average molecular weight is 191 g/mol. The molecule has 0 heterocycles. The largest absolute Gasteiger partial charge is 0.494 e. The molecule has 0 amide bonds. The van der Waals surface area contributed by atoms with Gasteiger partial charge in [-0.3, -0.25) is 0 Å². The van der Waals surface area contributed by atoms with Crippen LogP contribution in [0.1, 0.15) is 18.6 Å². The van der Waals surface area contributed by atoms with E-state index in [1.807, 2.05) is 31.2 Å². The molecule has 14 heavy (non-hydrogen) atoms. The van der Waals surface area contributed by atoms with Crippen molar-refractivity contribution in [1.82, 2.24) is 0 Å². The van der Waals surface area contributed by atoms with Crippen molar-refractivity contribution in [1.29, 1.82) is 5.26 Å². The molecule has 0 radical (unpaired) electrons. The molecule has 3 nitrogen and oxygen atoms in total. The van der Waals surface area contributed by atoms with Gasteiger partial charge in [0.05, 0.1) is 12.7 Å². The Morgan fingerprint density at radius 1 is 1.50 bits per heavy atom. The second-order valence-corrected chi connectivity index (χ2v) is 2.75. The monoisotopic (exact) mass is 191 g/mol. The molecule has 0 bridgehead atoms. The van der Waals surface area contributed by atoms with Crippen molar-refractivity contribution in [3.63, 3.8) is 0 Å². The maximum atomic E-state index is 8.78. The lowest BCUT2D eigenvalue weighted by Crippen LogP contribution is -1.99. The van der Waals surface area contributed by atoms with Crippen LogP contribution in [0.2, 0.25) is 0 Å². The van der Waals surface area contributed by atoms with Crippen molar-refractivity contribution in [2.45, 2.75) is 13.0 Å². The maximum absolute atomic E-state index is 8.78. The van der Waals surface area contributed by atoms with Crippen LogP contribution in [-0.2, 0) is 4.74 Å². The minimum Gasteiger partial charge on any atom is -0.494 e. The molecule has 0 saturated heterocycles. The van der Waals surface area contributed by atoms with E-state index >= 15 is 0 Å². The molecule has 0 aliphatic rings. The smallest absolute Gasteiger partial charge is 0.168 e. The van der Waals surface area contributed by atoms with E-state index < -0.39 is 6.10 Å². The van der Waals surface area contributed by atoms with E-state index in [1.54, 1.807) is 0 Å². The Bertz CT molecular complexity index is 330. The Labute approximate surface area is 83.9 Å². The predicted molar refractivity (Wildman–Crippen MR) is 53.0 cm³/mol. The van der Waals surface area contributed by atoms with Crippen LogP contribution in [0.3, 0.4) is 0 Å². The van der Waals surface area contributed by atoms with Gasteiger partial charge in [0.15, 0.2) is 6.10 Å². The van der Waals surface area contributed by atoms with Gasteiger partial charge in [0.2, 0.25) is 0 Å². The lowest BCUT2D eigenvalue weighted by Gasteiger charge is -2.09. The molecule has 0 aromatic heterocycles. The summed E-state index contributed by atoms with van der Waals surface area (Å²) in [5.74, 6) is 0.766. The molecule has 1 aromatic rings. The number of methoxy groups -OCH3 is 1. The fraction of sp³-hybridized carbons (Fsp3) is 0.364. The van der Waals surface area contributed by atoms with Gasteiger partial charge in [0.25, 0.3) is 0 Å². The Morgan fingerprint density at radius 3 is 2.86 bits per heavy atom. The third-order valence-corrected chi connectivity index (χ3v) is 1.82. The Morgan fingerprint density at radius 2 is 2.29 bits per heavy atom. The fourth-order valence-electron chi connectivity index (χ4n) is 1.20. The van der Waals surface area contributed by atoms with E-state index in [0.29, 0.717) is 6.61 Å². The van der Waals surface area contributed by atoms with Crippen molar-refractivity contribution in [3.05, 3.63) is 29.8 Å². The van der Waals surface area contributed by atoms with E-state index in [9.17, 15) is 0 Å². The molecule has 0 aliphatic heterocycles. The summed E-state index contributed by atoms with van der Waals surface area (Å²) in [5, 5.41) is 8.78. The predicted octanol–water partition coefficient (Wildman–Crippen LogP) is 2.30. The summed E-state index contributed by atoms with van der Waals surface area (Å²) in [4.78, 5) is 0. The summed E-state index contributed by atoms with van der Waals surface area (Å²) < 4.78 is 10.3. The highest BCUT2D eigenvalue weighted by Crippen LogP contribution is 2.20. The van der Waals surface area contributed by atoms with Crippen LogP contribution in [0, 0.1) is 11.3 Å². The first-order valence-electron chi connectivity index (χ1n) is 4.47. The lowest BCUT2D eigenvalue weighted by molar-refractivity contribution is 0.148. The highest BCUT2D eigenvalue weighted by Gasteiger charge is 2.08. The second-order valence-electron chi connectivity index (χ2n) is 2.75. The molecule has 0 spiro atoms. The van der Waals surface area contributed by atoms with E-state index in [2.05, 4.69) is 6.07 Å². The minimum absolute atomic E-state index is 0.518. The third kappa shape index (κ3) is 2.48. The number of benzene rings is 1. The van der Waals surface area contributed by atoms with Crippen molar-refractivity contribution < 1.29 is 9.47 Å². The SMILES string of the molecule is CCOc1cccc(C(C#N)OC)c1. The molecule has 0 saturated carbocycles. The molecule has 3 heteroatoms. The van der Waals surface area contributed by atoms with Crippen LogP contribution in [0.5, 0.6) is 5.75 Å². The first kappa shape index (κ1) is 10.6. The zero-order chi connectivity index (χ0) is 10.4. The highest BCUT2D eigenvalue weighted by atomic mass is 16.5. The maximum Gasteiger partial charge on any atom is 0.168 e. The average Bonchev–Trinajstić information content (AvgIpc) is 2.21. The molecular formula is C11H13NO2.